The van der Waals surface area contributed by atoms with Crippen LogP contribution in [0.2, 0.25) is 0 Å². The number of fused-ring (bicyclic) bond motifs is 1. The number of methoxy groups -OCH3 is 1. The number of pyridine rings is 1. The molecule has 41 heavy (non-hydrogen) atoms. The standard InChI is InChI=1S/C31H44N4O6/c1-5-6-15-34(16-9-14-33(2)3)28(36)20-35-19-24(22-17-26(39-4)30-27(18-22)40-21-41-30)29(31(37)38)25(35)12-11-23-10-7-8-13-32-23/h7-8,10,13,17-18,24-25,29H,5-6,9,11-12,14-16,19-21H2,1-4H3,(H,37,38). The minimum atomic E-state index is -0.874. The van der Waals surface area contributed by atoms with Gasteiger partial charge in [-0.1, -0.05) is 19.4 Å². The van der Waals surface area contributed by atoms with Gasteiger partial charge in [0.1, 0.15) is 0 Å². The topological polar surface area (TPSA) is 105 Å². The zero-order valence-corrected chi connectivity index (χ0v) is 24.8. The summed E-state index contributed by atoms with van der Waals surface area (Å²) < 4.78 is 16.8. The Bertz CT molecular complexity index is 1160. The Balaban J connectivity index is 1.61. The van der Waals surface area contributed by atoms with E-state index in [1.165, 1.54) is 0 Å². The number of carboxylic acid groups (broad SMARTS) is 1. The van der Waals surface area contributed by atoms with Crippen LogP contribution in [0.4, 0.5) is 0 Å². The minimum absolute atomic E-state index is 0.0492. The number of ether oxygens (including phenoxy) is 3. The maximum absolute atomic E-state index is 13.7. The number of carboxylic acids is 1. The Morgan fingerprint density at radius 1 is 1.15 bits per heavy atom. The Morgan fingerprint density at radius 3 is 2.63 bits per heavy atom. The number of carbonyl (C=O) groups is 2. The van der Waals surface area contributed by atoms with Crippen LogP contribution in [0.1, 0.15) is 49.8 Å². The van der Waals surface area contributed by atoms with Gasteiger partial charge in [0.05, 0.1) is 19.6 Å². The van der Waals surface area contributed by atoms with Crippen molar-refractivity contribution in [2.45, 2.75) is 51.0 Å². The lowest BCUT2D eigenvalue weighted by molar-refractivity contribution is -0.143. The highest BCUT2D eigenvalue weighted by atomic mass is 16.7. The van der Waals surface area contributed by atoms with Gasteiger partial charge in [-0.05, 0) is 76.2 Å². The summed E-state index contributed by atoms with van der Waals surface area (Å²) in [6, 6.07) is 9.14. The summed E-state index contributed by atoms with van der Waals surface area (Å²) in [5.74, 6) is -0.289. The van der Waals surface area contributed by atoms with Crippen molar-refractivity contribution in [2.24, 2.45) is 5.92 Å². The van der Waals surface area contributed by atoms with Crippen LogP contribution in [0.3, 0.4) is 0 Å². The maximum Gasteiger partial charge on any atom is 0.308 e. The highest BCUT2D eigenvalue weighted by Gasteiger charge is 2.47. The van der Waals surface area contributed by atoms with Crippen molar-refractivity contribution in [1.29, 1.82) is 0 Å². The first-order valence-electron chi connectivity index (χ1n) is 14.6. The SMILES string of the molecule is CCCCN(CCCN(C)C)C(=O)CN1CC(c2cc(OC)c3c(c2)OCO3)C(C(=O)O)C1CCc1ccccn1. The molecule has 0 saturated carbocycles. The summed E-state index contributed by atoms with van der Waals surface area (Å²) in [5, 5.41) is 10.5. The minimum Gasteiger partial charge on any atom is -0.493 e. The zero-order chi connectivity index (χ0) is 29.4. The van der Waals surface area contributed by atoms with Crippen LogP contribution in [0.5, 0.6) is 17.2 Å². The molecule has 3 unspecified atom stereocenters. The number of aryl methyl sites for hydroxylation is 1. The van der Waals surface area contributed by atoms with Gasteiger partial charge in [-0.15, -0.1) is 0 Å². The summed E-state index contributed by atoms with van der Waals surface area (Å²) >= 11 is 0. The fourth-order valence-electron chi connectivity index (χ4n) is 5.96. The van der Waals surface area contributed by atoms with Crippen molar-refractivity contribution >= 4 is 11.9 Å². The fourth-order valence-corrected chi connectivity index (χ4v) is 5.96. The Labute approximate surface area is 243 Å². The molecule has 1 amide bonds. The Kier molecular flexibility index (Phi) is 10.8. The number of nitrogens with zero attached hydrogens (tertiary/aromatic N) is 4. The van der Waals surface area contributed by atoms with E-state index in [1.807, 2.05) is 49.3 Å². The van der Waals surface area contributed by atoms with Gasteiger partial charge >= 0.3 is 5.97 Å². The predicted molar refractivity (Wildman–Crippen MR) is 156 cm³/mol. The van der Waals surface area contributed by atoms with Gasteiger partial charge in [-0.2, -0.15) is 0 Å². The number of hydrogen-bond donors (Lipinski definition) is 1. The lowest BCUT2D eigenvalue weighted by atomic mass is 9.83. The number of rotatable bonds is 15. The van der Waals surface area contributed by atoms with Crippen LogP contribution in [0, 0.1) is 5.92 Å². The molecule has 0 bridgehead atoms. The molecule has 0 spiro atoms. The van der Waals surface area contributed by atoms with Crippen LogP contribution in [-0.4, -0.2) is 103 Å². The van der Waals surface area contributed by atoms with E-state index in [9.17, 15) is 14.7 Å². The number of aliphatic carboxylic acids is 1. The normalized spacial score (nSPS) is 20.0. The third-order valence-electron chi connectivity index (χ3n) is 8.07. The van der Waals surface area contributed by atoms with Crippen LogP contribution < -0.4 is 14.2 Å². The molecule has 1 aromatic carbocycles. The van der Waals surface area contributed by atoms with Crippen molar-refractivity contribution < 1.29 is 28.9 Å². The van der Waals surface area contributed by atoms with Crippen molar-refractivity contribution in [1.82, 2.24) is 19.7 Å². The molecule has 3 heterocycles. The van der Waals surface area contributed by atoms with Crippen molar-refractivity contribution in [3.63, 3.8) is 0 Å². The molecule has 0 radical (unpaired) electrons. The average molecular weight is 569 g/mol. The Hall–Kier alpha value is -3.37. The molecule has 4 rings (SSSR count). The number of unbranched alkanes of at least 4 members (excludes halogenated alkanes) is 1. The van der Waals surface area contributed by atoms with E-state index in [4.69, 9.17) is 14.2 Å². The largest absolute Gasteiger partial charge is 0.493 e. The molecule has 10 nitrogen and oxygen atoms in total. The van der Waals surface area contributed by atoms with Crippen LogP contribution in [-0.2, 0) is 16.0 Å². The van der Waals surface area contributed by atoms with Gasteiger partial charge in [0, 0.05) is 43.5 Å². The molecule has 2 aliphatic rings. The second kappa shape index (κ2) is 14.5. The first-order chi connectivity index (χ1) is 19.8. The molecule has 224 valence electrons. The molecule has 2 aromatic rings. The number of carbonyl (C=O) groups excluding carboxylic acids is 1. The number of aromatic nitrogens is 1. The number of benzene rings is 1. The molecule has 1 N–H and O–H groups in total. The van der Waals surface area contributed by atoms with Crippen LogP contribution in [0.15, 0.2) is 36.5 Å². The number of likely N-dealkylation sites (tertiary alicyclic amines) is 1. The summed E-state index contributed by atoms with van der Waals surface area (Å²) in [6.45, 7) is 5.14. The number of hydrogen-bond acceptors (Lipinski definition) is 8. The van der Waals surface area contributed by atoms with E-state index in [-0.39, 0.29) is 31.2 Å². The average Bonchev–Trinajstić information content (AvgIpc) is 3.58. The van der Waals surface area contributed by atoms with Gasteiger partial charge in [0.25, 0.3) is 0 Å². The van der Waals surface area contributed by atoms with E-state index in [2.05, 4.69) is 21.7 Å². The highest BCUT2D eigenvalue weighted by molar-refractivity contribution is 5.79. The van der Waals surface area contributed by atoms with E-state index >= 15 is 0 Å². The van der Waals surface area contributed by atoms with E-state index < -0.39 is 11.9 Å². The highest BCUT2D eigenvalue weighted by Crippen LogP contribution is 2.47. The zero-order valence-electron chi connectivity index (χ0n) is 24.8. The third-order valence-corrected chi connectivity index (χ3v) is 8.07. The van der Waals surface area contributed by atoms with Crippen molar-refractivity contribution in [2.75, 3.05) is 60.7 Å². The van der Waals surface area contributed by atoms with Crippen LogP contribution >= 0.6 is 0 Å². The van der Waals surface area contributed by atoms with Gasteiger partial charge < -0.3 is 29.1 Å². The summed E-state index contributed by atoms with van der Waals surface area (Å²) in [6.07, 6.45) is 5.79. The smallest absolute Gasteiger partial charge is 0.308 e. The number of amides is 1. The van der Waals surface area contributed by atoms with E-state index in [0.717, 1.165) is 37.1 Å². The second-order valence-corrected chi connectivity index (χ2v) is 11.2. The first-order valence-corrected chi connectivity index (χ1v) is 14.6. The quantitative estimate of drug-likeness (QED) is 0.346. The monoisotopic (exact) mass is 568 g/mol. The fraction of sp³-hybridized carbons (Fsp3) is 0.581. The van der Waals surface area contributed by atoms with E-state index in [0.29, 0.717) is 49.7 Å². The predicted octanol–water partition coefficient (Wildman–Crippen LogP) is 3.50. The van der Waals surface area contributed by atoms with Gasteiger partial charge in [-0.25, -0.2) is 0 Å². The molecule has 1 saturated heterocycles. The second-order valence-electron chi connectivity index (χ2n) is 11.2. The molecular weight excluding hydrogens is 524 g/mol. The van der Waals surface area contributed by atoms with Gasteiger partial charge in [0.2, 0.25) is 18.4 Å². The van der Waals surface area contributed by atoms with Crippen molar-refractivity contribution in [3.05, 3.63) is 47.8 Å². The summed E-state index contributed by atoms with van der Waals surface area (Å²) in [7, 11) is 5.63. The molecule has 10 heteroatoms. The lowest BCUT2D eigenvalue weighted by Gasteiger charge is -2.30. The summed E-state index contributed by atoms with van der Waals surface area (Å²) in [4.78, 5) is 37.2. The molecule has 1 fully saturated rings. The lowest BCUT2D eigenvalue weighted by Crippen LogP contribution is -2.45. The molecule has 0 aliphatic carbocycles. The van der Waals surface area contributed by atoms with E-state index in [1.54, 1.807) is 13.3 Å². The first kappa shape index (κ1) is 30.6. The summed E-state index contributed by atoms with van der Waals surface area (Å²) in [5.41, 5.74) is 1.72. The Morgan fingerprint density at radius 2 is 1.95 bits per heavy atom. The van der Waals surface area contributed by atoms with Gasteiger partial charge in [0.15, 0.2) is 11.5 Å². The van der Waals surface area contributed by atoms with Crippen molar-refractivity contribution in [3.8, 4) is 17.2 Å². The maximum atomic E-state index is 13.7. The molecular formula is C31H44N4O6. The molecule has 2 aliphatic heterocycles. The van der Waals surface area contributed by atoms with Gasteiger partial charge in [-0.3, -0.25) is 19.5 Å². The third kappa shape index (κ3) is 7.68. The molecule has 1 aromatic heterocycles. The molecule has 3 atom stereocenters. The van der Waals surface area contributed by atoms with Crippen LogP contribution in [0.25, 0.3) is 0 Å².